The van der Waals surface area contributed by atoms with Crippen LogP contribution in [0.1, 0.15) is 17.0 Å². The molecule has 4 heteroatoms. The van der Waals surface area contributed by atoms with Gasteiger partial charge in [-0.3, -0.25) is 0 Å². The lowest BCUT2D eigenvalue weighted by Gasteiger charge is -2.30. The number of nitrogens with one attached hydrogen (secondary N) is 2. The number of rotatable bonds is 4. The van der Waals surface area contributed by atoms with Crippen molar-refractivity contribution in [3.05, 3.63) is 23.0 Å². The van der Waals surface area contributed by atoms with Crippen LogP contribution in [-0.4, -0.2) is 49.3 Å². The summed E-state index contributed by atoms with van der Waals surface area (Å²) in [5, 5.41) is 3.47. The van der Waals surface area contributed by atoms with Crippen LogP contribution in [0.15, 0.2) is 6.07 Å². The Morgan fingerprint density at radius 2 is 2.35 bits per heavy atom. The molecular formula is C13H23N3O. The number of likely N-dealkylation sites (N-methyl/N-ethyl adjacent to an activating group) is 1. The van der Waals surface area contributed by atoms with Crippen LogP contribution in [0, 0.1) is 13.8 Å². The van der Waals surface area contributed by atoms with E-state index in [1.165, 1.54) is 17.0 Å². The second kappa shape index (κ2) is 5.67. The second-order valence-corrected chi connectivity index (χ2v) is 4.99. The lowest BCUT2D eigenvalue weighted by Crippen LogP contribution is -2.44. The largest absolute Gasteiger partial charge is 0.374 e. The highest BCUT2D eigenvalue weighted by atomic mass is 16.5. The molecule has 0 aliphatic carbocycles. The summed E-state index contributed by atoms with van der Waals surface area (Å²) in [6, 6.07) is 2.20. The average Bonchev–Trinajstić information content (AvgIpc) is 2.58. The normalized spacial score (nSPS) is 21.9. The second-order valence-electron chi connectivity index (χ2n) is 4.99. The maximum atomic E-state index is 5.71. The molecule has 96 valence electrons. The van der Waals surface area contributed by atoms with Gasteiger partial charge in [0.05, 0.1) is 12.7 Å². The fourth-order valence-corrected chi connectivity index (χ4v) is 2.32. The molecule has 2 heterocycles. The number of aromatic amines is 1. The molecule has 1 aromatic rings. The van der Waals surface area contributed by atoms with E-state index in [1.807, 2.05) is 0 Å². The van der Waals surface area contributed by atoms with Gasteiger partial charge in [-0.15, -0.1) is 0 Å². The van der Waals surface area contributed by atoms with E-state index in [9.17, 15) is 0 Å². The summed E-state index contributed by atoms with van der Waals surface area (Å²) in [4.78, 5) is 5.64. The molecule has 2 rings (SSSR count). The molecule has 0 radical (unpaired) electrons. The third-order valence-electron chi connectivity index (χ3n) is 3.29. The van der Waals surface area contributed by atoms with Crippen molar-refractivity contribution in [1.82, 2.24) is 15.2 Å². The standard InChI is InChI=1S/C13H23N3O/c1-10-6-12(11(2)15-10)7-14-8-13-9-16(3)4-5-17-13/h6,13-15H,4-5,7-9H2,1-3H3/t13-/m1/s1. The van der Waals surface area contributed by atoms with Crippen LogP contribution in [0.2, 0.25) is 0 Å². The van der Waals surface area contributed by atoms with Gasteiger partial charge in [-0.1, -0.05) is 0 Å². The summed E-state index contributed by atoms with van der Waals surface area (Å²) in [5.74, 6) is 0. The predicted molar refractivity (Wildman–Crippen MR) is 69.2 cm³/mol. The smallest absolute Gasteiger partial charge is 0.0826 e. The van der Waals surface area contributed by atoms with Gasteiger partial charge in [-0.2, -0.15) is 0 Å². The lowest BCUT2D eigenvalue weighted by atomic mass is 10.2. The van der Waals surface area contributed by atoms with E-state index in [2.05, 4.69) is 42.2 Å². The minimum Gasteiger partial charge on any atom is -0.374 e. The van der Waals surface area contributed by atoms with Crippen molar-refractivity contribution in [2.75, 3.05) is 33.3 Å². The van der Waals surface area contributed by atoms with E-state index in [-0.39, 0.29) is 0 Å². The van der Waals surface area contributed by atoms with E-state index in [4.69, 9.17) is 4.74 Å². The zero-order chi connectivity index (χ0) is 12.3. The van der Waals surface area contributed by atoms with E-state index < -0.39 is 0 Å². The fourth-order valence-electron chi connectivity index (χ4n) is 2.32. The number of ether oxygens (including phenoxy) is 1. The minimum absolute atomic E-state index is 0.328. The SMILES string of the molecule is Cc1cc(CNC[C@@H]2CN(C)CCO2)c(C)[nH]1. The number of hydrogen-bond acceptors (Lipinski definition) is 3. The van der Waals surface area contributed by atoms with Crippen LogP contribution in [0.5, 0.6) is 0 Å². The Hall–Kier alpha value is -0.840. The summed E-state index contributed by atoms with van der Waals surface area (Å²) >= 11 is 0. The van der Waals surface area contributed by atoms with Gasteiger partial charge in [0.15, 0.2) is 0 Å². The number of H-pyrrole nitrogens is 1. The van der Waals surface area contributed by atoms with Crippen LogP contribution in [0.3, 0.4) is 0 Å². The first-order valence-corrected chi connectivity index (χ1v) is 6.31. The summed E-state index contributed by atoms with van der Waals surface area (Å²) < 4.78 is 5.71. The van der Waals surface area contributed by atoms with Gasteiger partial charge in [0.2, 0.25) is 0 Å². The maximum absolute atomic E-state index is 5.71. The van der Waals surface area contributed by atoms with Gasteiger partial charge in [-0.05, 0) is 32.5 Å². The molecule has 17 heavy (non-hydrogen) atoms. The molecule has 1 atom stereocenters. The topological polar surface area (TPSA) is 40.3 Å². The van der Waals surface area contributed by atoms with Crippen molar-refractivity contribution in [2.45, 2.75) is 26.5 Å². The number of morpholine rings is 1. The molecule has 0 spiro atoms. The summed E-state index contributed by atoms with van der Waals surface area (Å²) in [6.07, 6.45) is 0.328. The average molecular weight is 237 g/mol. The molecule has 0 unspecified atom stereocenters. The van der Waals surface area contributed by atoms with Gasteiger partial charge in [-0.25, -0.2) is 0 Å². The number of hydrogen-bond donors (Lipinski definition) is 2. The Labute approximate surface area is 103 Å². The third-order valence-corrected chi connectivity index (χ3v) is 3.29. The van der Waals surface area contributed by atoms with Crippen molar-refractivity contribution >= 4 is 0 Å². The predicted octanol–water partition coefficient (Wildman–Crippen LogP) is 1.05. The molecule has 0 bridgehead atoms. The zero-order valence-electron chi connectivity index (χ0n) is 11.0. The fraction of sp³-hybridized carbons (Fsp3) is 0.692. The van der Waals surface area contributed by atoms with Crippen molar-refractivity contribution < 1.29 is 4.74 Å². The Bertz CT molecular complexity index is 362. The molecule has 4 nitrogen and oxygen atoms in total. The highest BCUT2D eigenvalue weighted by Crippen LogP contribution is 2.09. The summed E-state index contributed by atoms with van der Waals surface area (Å²) in [7, 11) is 2.15. The molecule has 0 saturated carbocycles. The van der Waals surface area contributed by atoms with E-state index in [0.29, 0.717) is 6.10 Å². The molecule has 2 N–H and O–H groups in total. The van der Waals surface area contributed by atoms with E-state index in [1.54, 1.807) is 0 Å². The molecule has 1 aliphatic rings. The monoisotopic (exact) mass is 237 g/mol. The first kappa shape index (κ1) is 12.6. The molecule has 1 saturated heterocycles. The highest BCUT2D eigenvalue weighted by molar-refractivity contribution is 5.23. The van der Waals surface area contributed by atoms with E-state index >= 15 is 0 Å². The van der Waals surface area contributed by atoms with Gasteiger partial charge < -0.3 is 19.9 Å². The Morgan fingerprint density at radius 1 is 1.53 bits per heavy atom. The zero-order valence-corrected chi connectivity index (χ0v) is 11.0. The summed E-state index contributed by atoms with van der Waals surface area (Å²) in [5.41, 5.74) is 3.84. The molecule has 1 aromatic heterocycles. The van der Waals surface area contributed by atoms with Crippen LogP contribution < -0.4 is 5.32 Å². The first-order chi connectivity index (χ1) is 8.15. The Balaban J connectivity index is 1.74. The molecule has 1 fully saturated rings. The third kappa shape index (κ3) is 3.56. The molecule has 0 amide bonds. The quantitative estimate of drug-likeness (QED) is 0.822. The van der Waals surface area contributed by atoms with Crippen molar-refractivity contribution in [1.29, 1.82) is 0 Å². The summed E-state index contributed by atoms with van der Waals surface area (Å²) in [6.45, 7) is 8.98. The first-order valence-electron chi connectivity index (χ1n) is 6.31. The van der Waals surface area contributed by atoms with Crippen LogP contribution in [0.4, 0.5) is 0 Å². The molecule has 0 aromatic carbocycles. The number of aromatic nitrogens is 1. The van der Waals surface area contributed by atoms with Crippen molar-refractivity contribution in [3.8, 4) is 0 Å². The maximum Gasteiger partial charge on any atom is 0.0826 e. The highest BCUT2D eigenvalue weighted by Gasteiger charge is 2.16. The Kier molecular flexibility index (Phi) is 4.20. The van der Waals surface area contributed by atoms with Gasteiger partial charge >= 0.3 is 0 Å². The van der Waals surface area contributed by atoms with Crippen LogP contribution >= 0.6 is 0 Å². The van der Waals surface area contributed by atoms with Crippen LogP contribution in [0.25, 0.3) is 0 Å². The number of nitrogens with zero attached hydrogens (tertiary/aromatic N) is 1. The minimum atomic E-state index is 0.328. The molecule has 1 aliphatic heterocycles. The van der Waals surface area contributed by atoms with Crippen molar-refractivity contribution in [2.24, 2.45) is 0 Å². The van der Waals surface area contributed by atoms with Gasteiger partial charge in [0.1, 0.15) is 0 Å². The Morgan fingerprint density at radius 3 is 3.00 bits per heavy atom. The van der Waals surface area contributed by atoms with Gasteiger partial charge in [0, 0.05) is 37.6 Å². The van der Waals surface area contributed by atoms with E-state index in [0.717, 1.165) is 32.8 Å². The molecular weight excluding hydrogens is 214 g/mol. The van der Waals surface area contributed by atoms with Gasteiger partial charge in [0.25, 0.3) is 0 Å². The lowest BCUT2D eigenvalue weighted by molar-refractivity contribution is -0.0182. The van der Waals surface area contributed by atoms with Crippen LogP contribution in [-0.2, 0) is 11.3 Å². The number of aryl methyl sites for hydroxylation is 2. The van der Waals surface area contributed by atoms with Crippen molar-refractivity contribution in [3.63, 3.8) is 0 Å².